The number of rotatable bonds is 5. The summed E-state index contributed by atoms with van der Waals surface area (Å²) < 4.78 is 14.0. The molecule has 0 atom stereocenters. The van der Waals surface area contributed by atoms with Gasteiger partial charge in [0.25, 0.3) is 0 Å². The number of benzene rings is 1. The van der Waals surface area contributed by atoms with Crippen molar-refractivity contribution in [1.82, 2.24) is 0 Å². The van der Waals surface area contributed by atoms with Gasteiger partial charge in [-0.3, -0.25) is 0 Å². The highest BCUT2D eigenvalue weighted by Gasteiger charge is 2.22. The van der Waals surface area contributed by atoms with Gasteiger partial charge in [0, 0.05) is 5.69 Å². The molecule has 0 spiro atoms. The second-order valence-corrected chi connectivity index (χ2v) is 6.20. The number of anilines is 1. The van der Waals surface area contributed by atoms with Gasteiger partial charge in [-0.1, -0.05) is 20.8 Å². The lowest BCUT2D eigenvalue weighted by atomic mass is 9.84. The first-order valence-corrected chi connectivity index (χ1v) is 7.51. The largest absolute Gasteiger partial charge is 0.466 e. The molecule has 0 bridgehead atoms. The molecule has 7 heteroatoms. The Morgan fingerprint density at radius 1 is 1.00 bits per heavy atom. The molecule has 7 nitrogen and oxygen atoms in total. The lowest BCUT2D eigenvalue weighted by Crippen LogP contribution is -2.20. The van der Waals surface area contributed by atoms with Gasteiger partial charge in [0.05, 0.1) is 33.0 Å². The Labute approximate surface area is 146 Å². The van der Waals surface area contributed by atoms with Crippen molar-refractivity contribution in [2.45, 2.75) is 26.2 Å². The molecule has 0 aliphatic carbocycles. The van der Waals surface area contributed by atoms with Crippen LogP contribution < -0.4 is 5.32 Å². The van der Waals surface area contributed by atoms with Gasteiger partial charge < -0.3 is 19.5 Å². The van der Waals surface area contributed by atoms with Crippen LogP contribution in [0, 0.1) is 0 Å². The fourth-order valence-corrected chi connectivity index (χ4v) is 2.10. The maximum Gasteiger partial charge on any atom is 0.354 e. The Hall–Kier alpha value is -2.83. The fourth-order valence-electron chi connectivity index (χ4n) is 2.10. The number of carbonyl (C=O) groups is 3. The van der Waals surface area contributed by atoms with E-state index in [0.717, 1.165) is 11.6 Å². The minimum absolute atomic E-state index is 0.0781. The van der Waals surface area contributed by atoms with Crippen molar-refractivity contribution >= 4 is 23.6 Å². The van der Waals surface area contributed by atoms with Crippen LogP contribution in [0.15, 0.2) is 30.0 Å². The predicted octanol–water partition coefficient (Wildman–Crippen LogP) is 2.41. The summed E-state index contributed by atoms with van der Waals surface area (Å²) in [6.07, 6.45) is 1.01. The Kier molecular flexibility index (Phi) is 6.73. The van der Waals surface area contributed by atoms with E-state index in [1.165, 1.54) is 21.3 Å². The van der Waals surface area contributed by atoms with Crippen molar-refractivity contribution in [3.63, 3.8) is 0 Å². The molecule has 0 aromatic heterocycles. The van der Waals surface area contributed by atoms with Gasteiger partial charge in [-0.2, -0.15) is 0 Å². The van der Waals surface area contributed by atoms with Gasteiger partial charge >= 0.3 is 17.9 Å². The molecule has 0 aliphatic heterocycles. The van der Waals surface area contributed by atoms with Crippen LogP contribution >= 0.6 is 0 Å². The molecule has 0 unspecified atom stereocenters. The molecule has 1 aromatic carbocycles. The monoisotopic (exact) mass is 349 g/mol. The molecule has 0 heterocycles. The van der Waals surface area contributed by atoms with Crippen LogP contribution in [0.25, 0.3) is 0 Å². The van der Waals surface area contributed by atoms with Crippen LogP contribution in [0.4, 0.5) is 5.69 Å². The molecule has 0 saturated heterocycles. The fraction of sp³-hybridized carbons (Fsp3) is 0.389. The molecule has 1 rings (SSSR count). The third-order valence-electron chi connectivity index (χ3n) is 3.39. The lowest BCUT2D eigenvalue weighted by molar-refractivity contribution is -0.138. The summed E-state index contributed by atoms with van der Waals surface area (Å²) >= 11 is 0. The van der Waals surface area contributed by atoms with Crippen LogP contribution in [0.3, 0.4) is 0 Å². The van der Waals surface area contributed by atoms with E-state index >= 15 is 0 Å². The zero-order valence-corrected chi connectivity index (χ0v) is 15.3. The molecule has 136 valence electrons. The normalized spacial score (nSPS) is 11.5. The SMILES string of the molecule is COC(=O)/C=C(/Nc1ccc(C(=O)OC)cc1C(C)(C)C)C(=O)OC. The van der Waals surface area contributed by atoms with Gasteiger partial charge in [-0.05, 0) is 29.2 Å². The number of ether oxygens (including phenoxy) is 3. The zero-order valence-electron chi connectivity index (χ0n) is 15.3. The first kappa shape index (κ1) is 20.2. The topological polar surface area (TPSA) is 90.9 Å². The third kappa shape index (κ3) is 5.34. The van der Waals surface area contributed by atoms with Crippen molar-refractivity contribution in [3.8, 4) is 0 Å². The number of esters is 3. The molecular weight excluding hydrogens is 326 g/mol. The second-order valence-electron chi connectivity index (χ2n) is 6.20. The van der Waals surface area contributed by atoms with Gasteiger partial charge in [-0.25, -0.2) is 14.4 Å². The lowest BCUT2D eigenvalue weighted by Gasteiger charge is -2.24. The Bertz CT molecular complexity index is 700. The summed E-state index contributed by atoms with van der Waals surface area (Å²) in [5.41, 5.74) is 1.27. The highest BCUT2D eigenvalue weighted by molar-refractivity contribution is 5.99. The van der Waals surface area contributed by atoms with E-state index in [4.69, 9.17) is 4.74 Å². The Balaban J connectivity index is 3.39. The third-order valence-corrected chi connectivity index (χ3v) is 3.39. The first-order valence-electron chi connectivity index (χ1n) is 7.51. The number of methoxy groups -OCH3 is 3. The van der Waals surface area contributed by atoms with Crippen molar-refractivity contribution in [1.29, 1.82) is 0 Å². The molecule has 25 heavy (non-hydrogen) atoms. The predicted molar refractivity (Wildman–Crippen MR) is 92.2 cm³/mol. The van der Waals surface area contributed by atoms with Gasteiger partial charge in [0.1, 0.15) is 5.70 Å². The molecular formula is C18H23NO6. The van der Waals surface area contributed by atoms with Crippen molar-refractivity contribution in [2.24, 2.45) is 0 Å². The molecule has 0 radical (unpaired) electrons. The Morgan fingerprint density at radius 2 is 1.64 bits per heavy atom. The van der Waals surface area contributed by atoms with Gasteiger partial charge in [0.15, 0.2) is 0 Å². The van der Waals surface area contributed by atoms with Crippen LogP contribution in [-0.4, -0.2) is 39.2 Å². The van der Waals surface area contributed by atoms with Crippen LogP contribution in [0.5, 0.6) is 0 Å². The number of hydrogen-bond acceptors (Lipinski definition) is 7. The van der Waals surface area contributed by atoms with E-state index in [-0.39, 0.29) is 11.1 Å². The maximum atomic E-state index is 11.9. The summed E-state index contributed by atoms with van der Waals surface area (Å²) in [5.74, 6) is -1.88. The molecule has 0 aliphatic rings. The number of carbonyl (C=O) groups excluding carboxylic acids is 3. The van der Waals surface area contributed by atoms with Crippen molar-refractivity contribution < 1.29 is 28.6 Å². The average molecular weight is 349 g/mol. The molecule has 1 aromatic rings. The second kappa shape index (κ2) is 8.32. The highest BCUT2D eigenvalue weighted by Crippen LogP contribution is 2.31. The zero-order chi connectivity index (χ0) is 19.2. The van der Waals surface area contributed by atoms with Crippen molar-refractivity contribution in [3.05, 3.63) is 41.1 Å². The smallest absolute Gasteiger partial charge is 0.354 e. The van der Waals surface area contributed by atoms with E-state index in [0.29, 0.717) is 11.3 Å². The van der Waals surface area contributed by atoms with E-state index < -0.39 is 17.9 Å². The molecule has 1 N–H and O–H groups in total. The van der Waals surface area contributed by atoms with Crippen molar-refractivity contribution in [2.75, 3.05) is 26.6 Å². The summed E-state index contributed by atoms with van der Waals surface area (Å²) in [6.45, 7) is 5.86. The minimum Gasteiger partial charge on any atom is -0.466 e. The quantitative estimate of drug-likeness (QED) is 0.496. The minimum atomic E-state index is -0.720. The van der Waals surface area contributed by atoms with Gasteiger partial charge in [-0.15, -0.1) is 0 Å². The summed E-state index contributed by atoms with van der Waals surface area (Å²) in [7, 11) is 3.72. The van der Waals surface area contributed by atoms with Crippen LogP contribution in [0.2, 0.25) is 0 Å². The molecule has 0 fully saturated rings. The van der Waals surface area contributed by atoms with E-state index in [9.17, 15) is 14.4 Å². The van der Waals surface area contributed by atoms with Crippen LogP contribution in [-0.2, 0) is 29.2 Å². The highest BCUT2D eigenvalue weighted by atomic mass is 16.5. The van der Waals surface area contributed by atoms with E-state index in [2.05, 4.69) is 14.8 Å². The van der Waals surface area contributed by atoms with Crippen LogP contribution in [0.1, 0.15) is 36.7 Å². The summed E-state index contributed by atoms with van der Waals surface area (Å²) in [4.78, 5) is 35.2. The van der Waals surface area contributed by atoms with E-state index in [1.54, 1.807) is 18.2 Å². The maximum absolute atomic E-state index is 11.9. The average Bonchev–Trinajstić information content (AvgIpc) is 2.58. The molecule has 0 saturated carbocycles. The first-order chi connectivity index (χ1) is 11.6. The number of nitrogens with one attached hydrogen (secondary N) is 1. The standard InChI is InChI=1S/C18H23NO6/c1-18(2,3)12-9-11(16(21)24-5)7-8-13(12)19-14(17(22)25-6)10-15(20)23-4/h7-10,19H,1-6H3/b14-10+. The number of hydrogen-bond donors (Lipinski definition) is 1. The van der Waals surface area contributed by atoms with Gasteiger partial charge in [0.2, 0.25) is 0 Å². The molecule has 0 amide bonds. The summed E-state index contributed by atoms with van der Waals surface area (Å²) in [6, 6.07) is 4.89. The Morgan fingerprint density at radius 3 is 2.12 bits per heavy atom. The summed E-state index contributed by atoms with van der Waals surface area (Å²) in [5, 5.41) is 2.89. The van der Waals surface area contributed by atoms with E-state index in [1.807, 2.05) is 20.8 Å².